The molecule has 0 saturated carbocycles. The van der Waals surface area contributed by atoms with Crippen LogP contribution in [0.4, 0.5) is 5.69 Å². The highest BCUT2D eigenvalue weighted by molar-refractivity contribution is 7.91. The van der Waals surface area contributed by atoms with Crippen molar-refractivity contribution in [2.45, 2.75) is 30.7 Å². The summed E-state index contributed by atoms with van der Waals surface area (Å²) in [5, 5.41) is 7.36. The van der Waals surface area contributed by atoms with E-state index in [1.165, 1.54) is 5.38 Å². The molecule has 1 aromatic heterocycles. The van der Waals surface area contributed by atoms with Crippen molar-refractivity contribution in [2.24, 2.45) is 0 Å². The van der Waals surface area contributed by atoms with Gasteiger partial charge in [0.1, 0.15) is 10.6 Å². The first-order chi connectivity index (χ1) is 16.9. The van der Waals surface area contributed by atoms with Gasteiger partial charge >= 0.3 is 0 Å². The fraction of sp³-hybridized carbons (Fsp3) is 0.231. The zero-order valence-electron chi connectivity index (χ0n) is 20.1. The van der Waals surface area contributed by atoms with Gasteiger partial charge in [0.25, 0.3) is 5.91 Å². The second-order valence-corrected chi connectivity index (χ2v) is 12.4. The summed E-state index contributed by atoms with van der Waals surface area (Å²) in [4.78, 5) is 26.0. The third-order valence-electron chi connectivity index (χ3n) is 5.70. The van der Waals surface area contributed by atoms with E-state index in [-0.39, 0.29) is 26.1 Å². The maximum absolute atomic E-state index is 13.2. The number of halogens is 1. The molecule has 2 aromatic carbocycles. The summed E-state index contributed by atoms with van der Waals surface area (Å²) in [5.41, 5.74) is 3.23. The molecule has 0 aliphatic carbocycles. The Bertz CT molecular complexity index is 1510. The Balaban J connectivity index is 1.60. The van der Waals surface area contributed by atoms with Gasteiger partial charge in [-0.05, 0) is 50.1 Å². The van der Waals surface area contributed by atoms with Crippen LogP contribution in [-0.4, -0.2) is 39.0 Å². The minimum absolute atomic E-state index is 0.0788. The molecular weight excluding hydrogens is 520 g/mol. The van der Waals surface area contributed by atoms with Crippen LogP contribution in [0, 0.1) is 0 Å². The molecule has 1 aliphatic rings. The zero-order valence-corrected chi connectivity index (χ0v) is 22.5. The highest BCUT2D eigenvalue weighted by Gasteiger charge is 2.28. The van der Waals surface area contributed by atoms with Gasteiger partial charge in [-0.25, -0.2) is 8.42 Å². The number of ether oxygens (including phenoxy) is 1. The number of ketones is 1. The minimum atomic E-state index is -3.55. The van der Waals surface area contributed by atoms with Crippen molar-refractivity contribution >= 4 is 55.8 Å². The van der Waals surface area contributed by atoms with Crippen molar-refractivity contribution in [1.29, 1.82) is 0 Å². The SMILES string of the molecule is COc1ccc2c(c1)/C(=C/C(=O)c1cccc(NC(=O)c3scc(S(C)(=O)=O)c3Cl)c1)NC(C)(C)C2. The van der Waals surface area contributed by atoms with Crippen LogP contribution >= 0.6 is 22.9 Å². The maximum Gasteiger partial charge on any atom is 0.267 e. The highest BCUT2D eigenvalue weighted by atomic mass is 35.5. The minimum Gasteiger partial charge on any atom is -0.497 e. The van der Waals surface area contributed by atoms with Crippen LogP contribution in [-0.2, 0) is 16.3 Å². The molecule has 4 rings (SSSR count). The van der Waals surface area contributed by atoms with Gasteiger partial charge in [-0.2, -0.15) is 0 Å². The van der Waals surface area contributed by atoms with Gasteiger partial charge < -0.3 is 15.4 Å². The molecule has 7 nitrogen and oxygen atoms in total. The zero-order chi connectivity index (χ0) is 26.3. The standard InChI is InChI=1S/C26H25ClN2O5S2/c1-26(2)13-16-8-9-18(34-3)11-19(16)20(29-26)12-21(30)15-6-5-7-17(10-15)28-25(31)24-23(27)22(14-35-24)36(4,32)33/h5-12,14,29H,13H2,1-4H3,(H,28,31)/b20-12-. The predicted octanol–water partition coefficient (Wildman–Crippen LogP) is 5.21. The van der Waals surface area contributed by atoms with E-state index in [1.54, 1.807) is 37.5 Å². The Hall–Kier alpha value is -3.14. The number of fused-ring (bicyclic) bond motifs is 1. The number of rotatable bonds is 6. The van der Waals surface area contributed by atoms with E-state index >= 15 is 0 Å². The molecule has 0 atom stereocenters. The van der Waals surface area contributed by atoms with Gasteiger partial charge in [-0.3, -0.25) is 9.59 Å². The van der Waals surface area contributed by atoms with Crippen molar-refractivity contribution in [3.05, 3.63) is 80.5 Å². The molecule has 0 unspecified atom stereocenters. The van der Waals surface area contributed by atoms with Crippen LogP contribution in [0.3, 0.4) is 0 Å². The van der Waals surface area contributed by atoms with Crippen molar-refractivity contribution < 1.29 is 22.7 Å². The summed E-state index contributed by atoms with van der Waals surface area (Å²) in [6, 6.07) is 12.4. The van der Waals surface area contributed by atoms with Gasteiger partial charge in [0.05, 0.1) is 17.0 Å². The molecular formula is C26H25ClN2O5S2. The summed E-state index contributed by atoms with van der Waals surface area (Å²) in [6.07, 6.45) is 3.38. The predicted molar refractivity (Wildman–Crippen MR) is 143 cm³/mol. The lowest BCUT2D eigenvalue weighted by molar-refractivity contribution is 0.102. The second-order valence-electron chi connectivity index (χ2n) is 9.18. The fourth-order valence-electron chi connectivity index (χ4n) is 4.04. The maximum atomic E-state index is 13.2. The topological polar surface area (TPSA) is 102 Å². The number of methoxy groups -OCH3 is 1. The lowest BCUT2D eigenvalue weighted by atomic mass is 9.85. The molecule has 36 heavy (non-hydrogen) atoms. The third-order valence-corrected chi connectivity index (χ3v) is 8.56. The number of thiophene rings is 1. The summed E-state index contributed by atoms with van der Waals surface area (Å²) in [5.74, 6) is -0.0993. The quantitative estimate of drug-likeness (QED) is 0.326. The van der Waals surface area contributed by atoms with Crippen LogP contribution in [0.15, 0.2) is 58.8 Å². The molecule has 0 bridgehead atoms. The Morgan fingerprint density at radius 1 is 1.19 bits per heavy atom. The molecule has 0 radical (unpaired) electrons. The molecule has 2 N–H and O–H groups in total. The van der Waals surface area contributed by atoms with Gasteiger partial charge in [0, 0.05) is 45.8 Å². The summed E-state index contributed by atoms with van der Waals surface area (Å²) in [6.45, 7) is 4.14. The van der Waals surface area contributed by atoms with Gasteiger partial charge in [-0.1, -0.05) is 29.8 Å². The monoisotopic (exact) mass is 544 g/mol. The molecule has 0 saturated heterocycles. The van der Waals surface area contributed by atoms with Crippen molar-refractivity contribution in [3.63, 3.8) is 0 Å². The summed E-state index contributed by atoms with van der Waals surface area (Å²) >= 11 is 7.08. The van der Waals surface area contributed by atoms with Crippen LogP contribution < -0.4 is 15.4 Å². The van der Waals surface area contributed by atoms with Gasteiger partial charge in [0.2, 0.25) is 0 Å². The number of benzene rings is 2. The Morgan fingerprint density at radius 3 is 2.61 bits per heavy atom. The number of carbonyl (C=O) groups excluding carboxylic acids is 2. The lowest BCUT2D eigenvalue weighted by Crippen LogP contribution is -2.43. The van der Waals surface area contributed by atoms with E-state index in [1.807, 2.05) is 18.2 Å². The number of amides is 1. The average Bonchev–Trinajstić information content (AvgIpc) is 3.20. The van der Waals surface area contributed by atoms with Crippen LogP contribution in [0.25, 0.3) is 5.70 Å². The van der Waals surface area contributed by atoms with Crippen molar-refractivity contribution in [2.75, 3.05) is 18.7 Å². The molecule has 0 fully saturated rings. The Morgan fingerprint density at radius 2 is 1.94 bits per heavy atom. The molecule has 2 heterocycles. The third kappa shape index (κ3) is 5.48. The normalized spacial score (nSPS) is 15.6. The molecule has 3 aromatic rings. The molecule has 0 spiro atoms. The van der Waals surface area contributed by atoms with E-state index in [9.17, 15) is 18.0 Å². The van der Waals surface area contributed by atoms with Crippen LogP contribution in [0.5, 0.6) is 5.75 Å². The number of nitrogens with one attached hydrogen (secondary N) is 2. The number of anilines is 1. The molecule has 1 aliphatic heterocycles. The first-order valence-corrected chi connectivity index (χ1v) is 14.1. The van der Waals surface area contributed by atoms with Crippen molar-refractivity contribution in [1.82, 2.24) is 5.32 Å². The Kier molecular flexibility index (Phi) is 7.01. The Labute approximate surface area is 219 Å². The number of carbonyl (C=O) groups is 2. The van der Waals surface area contributed by atoms with E-state index in [0.29, 0.717) is 22.7 Å². The second kappa shape index (κ2) is 9.72. The largest absolute Gasteiger partial charge is 0.497 e. The van der Waals surface area contributed by atoms with Gasteiger partial charge in [0.15, 0.2) is 15.6 Å². The van der Waals surface area contributed by atoms with Crippen LogP contribution in [0.1, 0.15) is 45.0 Å². The van der Waals surface area contributed by atoms with E-state index in [4.69, 9.17) is 16.3 Å². The fourth-order valence-corrected chi connectivity index (χ4v) is 6.85. The molecule has 188 valence electrons. The number of hydrogen-bond donors (Lipinski definition) is 2. The average molecular weight is 545 g/mol. The first-order valence-electron chi connectivity index (χ1n) is 11.0. The molecule has 10 heteroatoms. The lowest BCUT2D eigenvalue weighted by Gasteiger charge is -2.35. The van der Waals surface area contributed by atoms with E-state index in [0.717, 1.165) is 35.1 Å². The number of hydrogen-bond acceptors (Lipinski definition) is 7. The number of allylic oxidation sites excluding steroid dienone is 1. The number of sulfone groups is 1. The first kappa shape index (κ1) is 25.9. The highest BCUT2D eigenvalue weighted by Crippen LogP contribution is 2.33. The van der Waals surface area contributed by atoms with E-state index in [2.05, 4.69) is 24.5 Å². The van der Waals surface area contributed by atoms with Crippen molar-refractivity contribution in [3.8, 4) is 5.75 Å². The molecule has 1 amide bonds. The summed E-state index contributed by atoms with van der Waals surface area (Å²) < 4.78 is 29.0. The van der Waals surface area contributed by atoms with E-state index < -0.39 is 15.7 Å². The van der Waals surface area contributed by atoms with Crippen LogP contribution in [0.2, 0.25) is 5.02 Å². The van der Waals surface area contributed by atoms with Gasteiger partial charge in [-0.15, -0.1) is 11.3 Å². The smallest absolute Gasteiger partial charge is 0.267 e. The summed E-state index contributed by atoms with van der Waals surface area (Å²) in [7, 11) is -1.95.